The van der Waals surface area contributed by atoms with Gasteiger partial charge in [0.05, 0.1) is 63.8 Å². The quantitative estimate of drug-likeness (QED) is 0.167. The first-order valence-corrected chi connectivity index (χ1v) is 18.2. The molecule has 0 aliphatic heterocycles. The molecule has 0 aliphatic carbocycles. The molecule has 7 aromatic carbocycles. The summed E-state index contributed by atoms with van der Waals surface area (Å²) in [5.74, 6) is 0.735. The molecule has 0 saturated heterocycles. The van der Waals surface area contributed by atoms with Crippen molar-refractivity contribution in [3.8, 4) is 57.0 Å². The molecule has 0 N–H and O–H groups in total. The fourth-order valence-electron chi connectivity index (χ4n) is 8.12. The van der Waals surface area contributed by atoms with Crippen LogP contribution >= 0.6 is 0 Å². The molecule has 0 spiro atoms. The Morgan fingerprint density at radius 1 is 0.482 bits per heavy atom. The van der Waals surface area contributed by atoms with Crippen LogP contribution in [-0.2, 0) is 0 Å². The Morgan fingerprint density at radius 3 is 1.71 bits per heavy atom. The molecule has 0 saturated carbocycles. The molecule has 0 radical (unpaired) electrons. The highest BCUT2D eigenvalue weighted by Gasteiger charge is 2.21. The number of hydrogen-bond donors (Lipinski definition) is 0. The molecular weight excluding hydrogens is 685 g/mol. The van der Waals surface area contributed by atoms with Crippen LogP contribution in [0.5, 0.6) is 0 Å². The van der Waals surface area contributed by atoms with Crippen LogP contribution in [0.4, 0.5) is 5.69 Å². The summed E-state index contributed by atoms with van der Waals surface area (Å²) in [6, 6.07) is 59.4. The lowest BCUT2D eigenvalue weighted by molar-refractivity contribution is 1.06. The summed E-state index contributed by atoms with van der Waals surface area (Å²) in [5, 5.41) is 24.1. The molecule has 10 rings (SSSR count). The summed E-state index contributed by atoms with van der Waals surface area (Å²) >= 11 is 0. The largest absolute Gasteiger partial charge is 0.307 e. The van der Waals surface area contributed by atoms with Crippen LogP contribution in [0, 0.1) is 29.2 Å². The first-order chi connectivity index (χ1) is 27.6. The third-order valence-electron chi connectivity index (χ3n) is 10.7. The standard InChI is InChI=1S/C50H28N6/c1-53-44-15-7-4-12-38(44)35-23-25-42-40-14-6-9-17-46(40)56(48(42)27-35)50-28-43(33-20-18-32(29-51)19-21-33)49(31-54-50)55-45-16-8-5-13-39(45)41-24-22-34(26-47(41)55)37-11-3-2-10-36(37)30-52/h2-28,31H. The molecule has 0 aliphatic rings. The van der Waals surface area contributed by atoms with Crippen LogP contribution in [0.1, 0.15) is 11.1 Å². The second-order valence-electron chi connectivity index (χ2n) is 13.7. The van der Waals surface area contributed by atoms with Gasteiger partial charge in [-0.05, 0) is 76.3 Å². The number of benzene rings is 7. The minimum absolute atomic E-state index is 0.580. The molecule has 0 fully saturated rings. The van der Waals surface area contributed by atoms with Crippen molar-refractivity contribution in [2.45, 2.75) is 0 Å². The third kappa shape index (κ3) is 5.05. The van der Waals surface area contributed by atoms with E-state index in [0.717, 1.165) is 88.5 Å². The van der Waals surface area contributed by atoms with E-state index in [9.17, 15) is 10.5 Å². The Hall–Kier alpha value is -8.24. The van der Waals surface area contributed by atoms with E-state index in [0.29, 0.717) is 16.8 Å². The lowest BCUT2D eigenvalue weighted by Crippen LogP contribution is -2.03. The number of fused-ring (bicyclic) bond motifs is 6. The van der Waals surface area contributed by atoms with E-state index in [2.05, 4.69) is 111 Å². The third-order valence-corrected chi connectivity index (χ3v) is 10.7. The van der Waals surface area contributed by atoms with Crippen molar-refractivity contribution in [1.29, 1.82) is 10.5 Å². The summed E-state index contributed by atoms with van der Waals surface area (Å²) in [7, 11) is 0. The maximum absolute atomic E-state index is 9.98. The zero-order valence-corrected chi connectivity index (χ0v) is 29.8. The number of pyridine rings is 1. The molecule has 0 amide bonds. The maximum Gasteiger partial charge on any atom is 0.194 e. The summed E-state index contributed by atoms with van der Waals surface area (Å²) in [5.41, 5.74) is 12.2. The zero-order chi connectivity index (χ0) is 37.8. The van der Waals surface area contributed by atoms with E-state index in [-0.39, 0.29) is 0 Å². The van der Waals surface area contributed by atoms with Gasteiger partial charge in [0.2, 0.25) is 0 Å². The average Bonchev–Trinajstić information content (AvgIpc) is 3.78. The highest BCUT2D eigenvalue weighted by atomic mass is 15.1. The Morgan fingerprint density at radius 2 is 1.04 bits per heavy atom. The smallest absolute Gasteiger partial charge is 0.194 e. The molecule has 10 aromatic rings. The van der Waals surface area contributed by atoms with Crippen LogP contribution in [0.3, 0.4) is 0 Å². The summed E-state index contributed by atoms with van der Waals surface area (Å²) < 4.78 is 4.47. The Bertz CT molecular complexity index is 3340. The molecular formula is C50H28N6. The second kappa shape index (κ2) is 13.0. The van der Waals surface area contributed by atoms with Crippen LogP contribution in [-0.4, -0.2) is 14.1 Å². The Balaban J connectivity index is 1.27. The van der Waals surface area contributed by atoms with Crippen molar-refractivity contribution >= 4 is 49.3 Å². The van der Waals surface area contributed by atoms with Gasteiger partial charge >= 0.3 is 0 Å². The molecule has 56 heavy (non-hydrogen) atoms. The van der Waals surface area contributed by atoms with Gasteiger partial charge in [0, 0.05) is 27.1 Å². The molecule has 6 heteroatoms. The summed E-state index contributed by atoms with van der Waals surface area (Å²) in [4.78, 5) is 9.06. The van der Waals surface area contributed by atoms with Gasteiger partial charge < -0.3 is 4.57 Å². The molecule has 0 atom stereocenters. The average molecular weight is 713 g/mol. The van der Waals surface area contributed by atoms with Crippen LogP contribution in [0.15, 0.2) is 170 Å². The number of nitrogens with zero attached hydrogens (tertiary/aromatic N) is 6. The first kappa shape index (κ1) is 32.4. The van der Waals surface area contributed by atoms with Crippen molar-refractivity contribution in [3.05, 3.63) is 193 Å². The predicted molar refractivity (Wildman–Crippen MR) is 225 cm³/mol. The number of nitriles is 2. The van der Waals surface area contributed by atoms with E-state index in [1.165, 1.54) is 0 Å². The highest BCUT2D eigenvalue weighted by Crippen LogP contribution is 2.41. The van der Waals surface area contributed by atoms with E-state index < -0.39 is 0 Å². The molecule has 258 valence electrons. The van der Waals surface area contributed by atoms with Gasteiger partial charge in [-0.15, -0.1) is 0 Å². The van der Waals surface area contributed by atoms with Crippen LogP contribution in [0.25, 0.3) is 93.3 Å². The summed E-state index contributed by atoms with van der Waals surface area (Å²) in [6.07, 6.45) is 1.95. The SMILES string of the molecule is [C-]#[N+]c1ccccc1-c1ccc2c3ccccc3n(-c3cc(-c4ccc(C#N)cc4)c(-n4c5ccccc5c5ccc(-c6ccccc6C#N)cc54)cn3)c2c1. The number of rotatable bonds is 5. The first-order valence-electron chi connectivity index (χ1n) is 18.2. The lowest BCUT2D eigenvalue weighted by atomic mass is 9.99. The number of hydrogen-bond acceptors (Lipinski definition) is 3. The van der Waals surface area contributed by atoms with Crippen molar-refractivity contribution in [3.63, 3.8) is 0 Å². The van der Waals surface area contributed by atoms with E-state index in [1.54, 1.807) is 0 Å². The monoisotopic (exact) mass is 712 g/mol. The van der Waals surface area contributed by atoms with Gasteiger partial charge in [0.15, 0.2) is 5.69 Å². The van der Waals surface area contributed by atoms with E-state index >= 15 is 0 Å². The minimum Gasteiger partial charge on any atom is -0.307 e. The van der Waals surface area contributed by atoms with Gasteiger partial charge in [0.1, 0.15) is 5.82 Å². The lowest BCUT2D eigenvalue weighted by Gasteiger charge is -2.17. The van der Waals surface area contributed by atoms with Gasteiger partial charge in [-0.1, -0.05) is 115 Å². The topological polar surface area (TPSA) is 74.7 Å². The van der Waals surface area contributed by atoms with Crippen molar-refractivity contribution in [2.75, 3.05) is 0 Å². The highest BCUT2D eigenvalue weighted by molar-refractivity contribution is 6.12. The molecule has 0 bridgehead atoms. The second-order valence-corrected chi connectivity index (χ2v) is 13.7. The van der Waals surface area contributed by atoms with E-state index in [1.807, 2.05) is 85.1 Å². The van der Waals surface area contributed by atoms with Crippen LogP contribution < -0.4 is 0 Å². The fraction of sp³-hybridized carbons (Fsp3) is 0. The molecule has 0 unspecified atom stereocenters. The fourth-order valence-corrected chi connectivity index (χ4v) is 8.12. The van der Waals surface area contributed by atoms with Crippen molar-refractivity contribution in [1.82, 2.24) is 14.1 Å². The Kier molecular flexibility index (Phi) is 7.53. The maximum atomic E-state index is 9.98. The van der Waals surface area contributed by atoms with E-state index in [4.69, 9.17) is 11.6 Å². The number of para-hydroxylation sites is 3. The van der Waals surface area contributed by atoms with Gasteiger partial charge in [-0.25, -0.2) is 9.83 Å². The number of aromatic nitrogens is 3. The summed E-state index contributed by atoms with van der Waals surface area (Å²) in [6.45, 7) is 7.82. The normalized spacial score (nSPS) is 11.2. The predicted octanol–water partition coefficient (Wildman–Crippen LogP) is 12.6. The molecule has 6 nitrogen and oxygen atoms in total. The zero-order valence-electron chi connectivity index (χ0n) is 29.8. The van der Waals surface area contributed by atoms with Gasteiger partial charge in [0.25, 0.3) is 0 Å². The Labute approximate surface area is 322 Å². The van der Waals surface area contributed by atoms with Crippen LogP contribution in [0.2, 0.25) is 0 Å². The molecule has 3 heterocycles. The van der Waals surface area contributed by atoms with Crippen molar-refractivity contribution in [2.24, 2.45) is 0 Å². The van der Waals surface area contributed by atoms with Crippen molar-refractivity contribution < 1.29 is 0 Å². The molecule has 3 aromatic heterocycles. The van der Waals surface area contributed by atoms with Gasteiger partial charge in [-0.3, -0.25) is 4.57 Å². The minimum atomic E-state index is 0.580. The van der Waals surface area contributed by atoms with Gasteiger partial charge in [-0.2, -0.15) is 10.5 Å².